The number of aliphatic imine (C=N–C) groups is 1. The van der Waals surface area contributed by atoms with Gasteiger partial charge in [-0.3, -0.25) is 0 Å². The molecule has 14 heavy (non-hydrogen) atoms. The summed E-state index contributed by atoms with van der Waals surface area (Å²) in [5, 5.41) is 10.1. The fourth-order valence-corrected chi connectivity index (χ4v) is 0.677. The van der Waals surface area contributed by atoms with Gasteiger partial charge in [0.2, 0.25) is 0 Å². The number of hydrogen-bond donors (Lipinski definition) is 1. The molecule has 1 aromatic carbocycles. The lowest BCUT2D eigenvalue weighted by atomic mass is 10.4. The van der Waals surface area contributed by atoms with Crippen LogP contribution in [0.3, 0.4) is 0 Å². The minimum atomic E-state index is -0.984. The molecule has 74 valence electrons. The van der Waals surface area contributed by atoms with Crippen molar-refractivity contribution in [2.75, 3.05) is 0 Å². The van der Waals surface area contributed by atoms with E-state index in [1.54, 1.807) is 0 Å². The van der Waals surface area contributed by atoms with Crippen molar-refractivity contribution >= 4 is 23.3 Å². The van der Waals surface area contributed by atoms with Crippen molar-refractivity contribution in [1.82, 2.24) is 0 Å². The zero-order chi connectivity index (χ0) is 10.8. The van der Waals surface area contributed by atoms with Gasteiger partial charge in [0.15, 0.2) is 6.04 Å². The van der Waals surface area contributed by atoms with E-state index in [0.29, 0.717) is 0 Å². The summed E-state index contributed by atoms with van der Waals surface area (Å²) >= 11 is 4.17. The van der Waals surface area contributed by atoms with Gasteiger partial charge in [-0.2, -0.15) is 0 Å². The van der Waals surface area contributed by atoms with Gasteiger partial charge in [-0.05, 0) is 19.1 Å². The quantitative estimate of drug-likeness (QED) is 0.600. The first-order valence-electron chi connectivity index (χ1n) is 3.98. The molecular formula is C10H11NO2S. The lowest BCUT2D eigenvalue weighted by Gasteiger charge is -1.91. The molecule has 0 aliphatic heterocycles. The maximum atomic E-state index is 9.91. The lowest BCUT2D eigenvalue weighted by molar-refractivity contribution is -0.137. The molecule has 0 heterocycles. The van der Waals surface area contributed by atoms with E-state index in [9.17, 15) is 4.79 Å². The van der Waals surface area contributed by atoms with Gasteiger partial charge in [0.25, 0.3) is 0 Å². The number of benzene rings is 1. The molecule has 1 aromatic rings. The SMILES string of the molecule is CC(N=C=S)C(=O)O.c1ccccc1. The summed E-state index contributed by atoms with van der Waals surface area (Å²) in [4.78, 5) is 13.2. The minimum Gasteiger partial charge on any atom is -0.480 e. The number of carboxylic acid groups (broad SMARTS) is 1. The highest BCUT2D eigenvalue weighted by molar-refractivity contribution is 7.78. The van der Waals surface area contributed by atoms with Gasteiger partial charge < -0.3 is 5.11 Å². The second-order valence-electron chi connectivity index (χ2n) is 2.39. The highest BCUT2D eigenvalue weighted by atomic mass is 32.1. The van der Waals surface area contributed by atoms with Crippen molar-refractivity contribution in [2.24, 2.45) is 4.99 Å². The molecule has 0 radical (unpaired) electrons. The Morgan fingerprint density at radius 1 is 1.29 bits per heavy atom. The van der Waals surface area contributed by atoms with E-state index in [2.05, 4.69) is 17.2 Å². The summed E-state index contributed by atoms with van der Waals surface area (Å²) in [6.07, 6.45) is 0. The zero-order valence-electron chi connectivity index (χ0n) is 7.75. The Labute approximate surface area is 88.1 Å². The largest absolute Gasteiger partial charge is 0.480 e. The fourth-order valence-electron chi connectivity index (χ4n) is 0.519. The molecule has 3 nitrogen and oxygen atoms in total. The van der Waals surface area contributed by atoms with Crippen LogP contribution < -0.4 is 0 Å². The number of isothiocyanates is 1. The average molecular weight is 209 g/mol. The number of thiocarbonyl (C=S) groups is 1. The van der Waals surface area contributed by atoms with Gasteiger partial charge in [-0.15, -0.1) is 0 Å². The molecule has 4 heteroatoms. The lowest BCUT2D eigenvalue weighted by Crippen LogP contribution is -2.11. The standard InChI is InChI=1S/C6H6.C4H5NO2S/c1-2-4-6-5-3-1;1-3(4(6)7)5-2-8/h1-6H;3H,1H3,(H,6,7). The topological polar surface area (TPSA) is 49.7 Å². The van der Waals surface area contributed by atoms with Crippen molar-refractivity contribution in [1.29, 1.82) is 0 Å². The molecule has 1 atom stereocenters. The van der Waals surface area contributed by atoms with Crippen LogP contribution in [0.15, 0.2) is 41.4 Å². The minimum absolute atomic E-state index is 0.757. The van der Waals surface area contributed by atoms with Crippen molar-refractivity contribution in [2.45, 2.75) is 13.0 Å². The Balaban J connectivity index is 0.000000249. The third-order valence-electron chi connectivity index (χ3n) is 1.27. The van der Waals surface area contributed by atoms with Crippen LogP contribution in [0.2, 0.25) is 0 Å². The molecule has 1 unspecified atom stereocenters. The molecule has 0 bridgehead atoms. The van der Waals surface area contributed by atoms with Gasteiger partial charge >= 0.3 is 5.97 Å². The number of rotatable bonds is 2. The summed E-state index contributed by atoms with van der Waals surface area (Å²) < 4.78 is 0. The van der Waals surface area contributed by atoms with E-state index in [1.807, 2.05) is 41.6 Å². The molecular weight excluding hydrogens is 198 g/mol. The third-order valence-corrected chi connectivity index (χ3v) is 1.38. The maximum absolute atomic E-state index is 9.91. The van der Waals surface area contributed by atoms with Crippen molar-refractivity contribution < 1.29 is 9.90 Å². The number of carboxylic acids is 1. The Bertz CT molecular complexity index is 278. The van der Waals surface area contributed by atoms with Crippen molar-refractivity contribution in [3.8, 4) is 0 Å². The van der Waals surface area contributed by atoms with E-state index in [-0.39, 0.29) is 0 Å². The fraction of sp³-hybridized carbons (Fsp3) is 0.200. The van der Waals surface area contributed by atoms with Crippen LogP contribution in [0.4, 0.5) is 0 Å². The predicted molar refractivity (Wildman–Crippen MR) is 58.6 cm³/mol. The maximum Gasteiger partial charge on any atom is 0.328 e. The van der Waals surface area contributed by atoms with Crippen LogP contribution in [-0.4, -0.2) is 22.3 Å². The second-order valence-corrected chi connectivity index (χ2v) is 2.57. The normalized spacial score (nSPS) is 10.1. The number of carbonyl (C=O) groups is 1. The summed E-state index contributed by atoms with van der Waals surface area (Å²) in [6, 6.07) is 11.2. The number of hydrogen-bond acceptors (Lipinski definition) is 3. The first-order chi connectivity index (χ1) is 6.68. The van der Waals surface area contributed by atoms with E-state index >= 15 is 0 Å². The van der Waals surface area contributed by atoms with Crippen LogP contribution in [0.25, 0.3) is 0 Å². The van der Waals surface area contributed by atoms with Crippen molar-refractivity contribution in [3.63, 3.8) is 0 Å². The average Bonchev–Trinajstić information content (AvgIpc) is 2.21. The van der Waals surface area contributed by atoms with Crippen LogP contribution in [0, 0.1) is 0 Å². The first-order valence-corrected chi connectivity index (χ1v) is 4.39. The Morgan fingerprint density at radius 3 is 1.79 bits per heavy atom. The van der Waals surface area contributed by atoms with Crippen LogP contribution in [0.5, 0.6) is 0 Å². The van der Waals surface area contributed by atoms with Crippen molar-refractivity contribution in [3.05, 3.63) is 36.4 Å². The third kappa shape index (κ3) is 7.16. The van der Waals surface area contributed by atoms with Crippen LogP contribution >= 0.6 is 12.2 Å². The summed E-state index contributed by atoms with van der Waals surface area (Å²) in [7, 11) is 0. The van der Waals surface area contributed by atoms with E-state index in [0.717, 1.165) is 0 Å². The molecule has 0 amide bonds. The second kappa shape index (κ2) is 8.10. The smallest absolute Gasteiger partial charge is 0.328 e. The molecule has 0 aromatic heterocycles. The molecule has 0 saturated heterocycles. The molecule has 0 saturated carbocycles. The zero-order valence-corrected chi connectivity index (χ0v) is 8.57. The molecule has 1 N–H and O–H groups in total. The highest BCUT2D eigenvalue weighted by Crippen LogP contribution is 1.84. The Hall–Kier alpha value is -1.51. The van der Waals surface area contributed by atoms with Gasteiger partial charge in [-0.1, -0.05) is 36.4 Å². The summed E-state index contributed by atoms with van der Waals surface area (Å²) in [5.74, 6) is -0.984. The molecule has 0 aliphatic rings. The van der Waals surface area contributed by atoms with E-state index in [1.165, 1.54) is 6.92 Å². The van der Waals surface area contributed by atoms with Gasteiger partial charge in [-0.25, -0.2) is 9.79 Å². The summed E-state index contributed by atoms with van der Waals surface area (Å²) in [6.45, 7) is 1.43. The van der Waals surface area contributed by atoms with Gasteiger partial charge in [0, 0.05) is 0 Å². The molecule has 1 rings (SSSR count). The van der Waals surface area contributed by atoms with Gasteiger partial charge in [0.05, 0.1) is 5.16 Å². The van der Waals surface area contributed by atoms with Gasteiger partial charge in [0.1, 0.15) is 0 Å². The Kier molecular flexibility index (Phi) is 7.23. The summed E-state index contributed by atoms with van der Waals surface area (Å²) in [5.41, 5.74) is 0. The highest BCUT2D eigenvalue weighted by Gasteiger charge is 2.05. The van der Waals surface area contributed by atoms with E-state index in [4.69, 9.17) is 5.11 Å². The first kappa shape index (κ1) is 12.5. The Morgan fingerprint density at radius 2 is 1.64 bits per heavy atom. The molecule has 0 fully saturated rings. The van der Waals surface area contributed by atoms with E-state index < -0.39 is 12.0 Å². The molecule has 0 aliphatic carbocycles. The van der Waals surface area contributed by atoms with Crippen LogP contribution in [-0.2, 0) is 4.79 Å². The van der Waals surface area contributed by atoms with Crippen LogP contribution in [0.1, 0.15) is 6.92 Å². The predicted octanol–water partition coefficient (Wildman–Crippen LogP) is 2.25. The number of aliphatic carboxylic acids is 1. The monoisotopic (exact) mass is 209 g/mol. The number of nitrogens with zero attached hydrogens (tertiary/aromatic N) is 1. The molecule has 0 spiro atoms.